The number of fused-ring (bicyclic) bond motifs is 1. The van der Waals surface area contributed by atoms with Gasteiger partial charge >= 0.3 is 12.2 Å². The van der Waals surface area contributed by atoms with Crippen molar-refractivity contribution in [2.75, 3.05) is 30.0 Å². The number of ether oxygens (including phenoxy) is 1. The molecule has 1 saturated heterocycles. The zero-order valence-corrected chi connectivity index (χ0v) is 21.3. The van der Waals surface area contributed by atoms with E-state index in [1.54, 1.807) is 16.0 Å². The number of alkyl halides is 5. The van der Waals surface area contributed by atoms with Gasteiger partial charge in [-0.25, -0.2) is 18.6 Å². The third-order valence-electron chi connectivity index (χ3n) is 7.40. The Kier molecular flexibility index (Phi) is 7.08. The summed E-state index contributed by atoms with van der Waals surface area (Å²) in [5.41, 5.74) is -0.113. The van der Waals surface area contributed by atoms with Crippen molar-refractivity contribution in [2.24, 2.45) is 0 Å². The number of rotatable bonds is 6. The van der Waals surface area contributed by atoms with Crippen LogP contribution in [0.4, 0.5) is 38.3 Å². The van der Waals surface area contributed by atoms with Gasteiger partial charge in [0.2, 0.25) is 5.88 Å². The van der Waals surface area contributed by atoms with Crippen LogP contribution in [-0.4, -0.2) is 52.4 Å². The molecule has 2 aliphatic rings. The average molecular weight is 551 g/mol. The van der Waals surface area contributed by atoms with Crippen molar-refractivity contribution >= 4 is 17.5 Å². The molecular weight excluding hydrogens is 523 g/mol. The molecule has 0 radical (unpaired) electrons. The van der Waals surface area contributed by atoms with E-state index in [2.05, 4.69) is 15.2 Å². The summed E-state index contributed by atoms with van der Waals surface area (Å²) >= 11 is 0. The summed E-state index contributed by atoms with van der Waals surface area (Å²) in [5, 5.41) is 6.92. The molecular formula is C26H27F5N6O2. The number of aromatic nitrogens is 3. The van der Waals surface area contributed by atoms with Gasteiger partial charge in [0.1, 0.15) is 5.69 Å². The second kappa shape index (κ2) is 10.3. The summed E-state index contributed by atoms with van der Waals surface area (Å²) < 4.78 is 73.8. The van der Waals surface area contributed by atoms with Crippen molar-refractivity contribution in [1.82, 2.24) is 20.1 Å². The second-order valence-electron chi connectivity index (χ2n) is 9.55. The highest BCUT2D eigenvalue weighted by atomic mass is 19.4. The standard InChI is InChI=1S/C26H27F5N6O2/c1-15-19-13-33-34-23(19)36(14-16-5-3-4-6-20(16)26(29,30)31)25(38)37(15)17-8-11-35(12-9-17)21-18(22(27)28)7-10-32-24(21)39-2/h3-7,10,13,15,17,22H,8-9,11-12,14H2,1-2H3,(H,33,34)/t15-/m1/s1. The van der Waals surface area contributed by atoms with Gasteiger partial charge in [0.15, 0.2) is 5.82 Å². The molecule has 1 atom stereocenters. The molecule has 8 nitrogen and oxygen atoms in total. The minimum atomic E-state index is -4.58. The van der Waals surface area contributed by atoms with Crippen molar-refractivity contribution in [1.29, 1.82) is 0 Å². The fourth-order valence-corrected chi connectivity index (χ4v) is 5.54. The number of piperidine rings is 1. The minimum absolute atomic E-state index is 0.0418. The summed E-state index contributed by atoms with van der Waals surface area (Å²) in [4.78, 5) is 22.6. The molecule has 208 valence electrons. The Labute approximate surface area is 221 Å². The molecule has 1 aromatic carbocycles. The highest BCUT2D eigenvalue weighted by Gasteiger charge is 2.43. The number of nitrogens with one attached hydrogen (secondary N) is 1. The number of nitrogens with zero attached hydrogens (tertiary/aromatic N) is 5. The summed E-state index contributed by atoms with van der Waals surface area (Å²) in [5.74, 6) is 0.394. The lowest BCUT2D eigenvalue weighted by molar-refractivity contribution is -0.138. The summed E-state index contributed by atoms with van der Waals surface area (Å²) in [7, 11) is 1.37. The highest BCUT2D eigenvalue weighted by molar-refractivity contribution is 5.94. The number of hydrogen-bond acceptors (Lipinski definition) is 5. The van der Waals surface area contributed by atoms with E-state index in [1.807, 2.05) is 6.92 Å². The van der Waals surface area contributed by atoms with Crippen LogP contribution in [0.15, 0.2) is 42.7 Å². The van der Waals surface area contributed by atoms with Crippen molar-refractivity contribution in [3.63, 3.8) is 0 Å². The molecule has 0 spiro atoms. The normalized spacial score (nSPS) is 18.6. The van der Waals surface area contributed by atoms with Gasteiger partial charge in [0.05, 0.1) is 25.3 Å². The van der Waals surface area contributed by atoms with Crippen LogP contribution in [-0.2, 0) is 12.7 Å². The number of methoxy groups -OCH3 is 1. The fraction of sp³-hybridized carbons (Fsp3) is 0.423. The second-order valence-corrected chi connectivity index (χ2v) is 9.55. The Morgan fingerprint density at radius 3 is 2.54 bits per heavy atom. The van der Waals surface area contributed by atoms with Crippen LogP contribution in [0, 0.1) is 0 Å². The maximum absolute atomic E-state index is 13.8. The molecule has 0 unspecified atom stereocenters. The number of H-pyrrole nitrogens is 1. The van der Waals surface area contributed by atoms with Crippen molar-refractivity contribution in [3.8, 4) is 5.88 Å². The summed E-state index contributed by atoms with van der Waals surface area (Å²) in [6, 6.07) is 5.30. The first kappa shape index (κ1) is 26.7. The summed E-state index contributed by atoms with van der Waals surface area (Å²) in [6.45, 7) is 2.26. The van der Waals surface area contributed by atoms with Crippen LogP contribution in [0.25, 0.3) is 0 Å². The Morgan fingerprint density at radius 2 is 1.87 bits per heavy atom. The number of carbonyl (C=O) groups is 1. The Bertz CT molecular complexity index is 1340. The van der Waals surface area contributed by atoms with Crippen molar-refractivity contribution in [2.45, 2.75) is 51.0 Å². The van der Waals surface area contributed by atoms with Crippen LogP contribution in [0.3, 0.4) is 0 Å². The van der Waals surface area contributed by atoms with E-state index in [0.717, 1.165) is 6.07 Å². The number of pyridine rings is 1. The van der Waals surface area contributed by atoms with E-state index >= 15 is 0 Å². The number of benzene rings is 1. The molecule has 1 N–H and O–H groups in total. The molecule has 2 aliphatic heterocycles. The number of hydrogen-bond donors (Lipinski definition) is 1. The Balaban J connectivity index is 1.40. The fourth-order valence-electron chi connectivity index (χ4n) is 5.54. The molecule has 13 heteroatoms. The van der Waals surface area contributed by atoms with Gasteiger partial charge in [0.25, 0.3) is 6.43 Å². The molecule has 4 heterocycles. The zero-order chi connectivity index (χ0) is 27.9. The van der Waals surface area contributed by atoms with E-state index in [9.17, 15) is 26.7 Å². The van der Waals surface area contributed by atoms with Gasteiger partial charge in [-0.05, 0) is 37.5 Å². The molecule has 3 aromatic rings. The molecule has 5 rings (SSSR count). The predicted octanol–water partition coefficient (Wildman–Crippen LogP) is 5.94. The minimum Gasteiger partial charge on any atom is -0.480 e. The van der Waals surface area contributed by atoms with Gasteiger partial charge in [-0.1, -0.05) is 18.2 Å². The predicted molar refractivity (Wildman–Crippen MR) is 133 cm³/mol. The molecule has 0 saturated carbocycles. The van der Waals surface area contributed by atoms with E-state index in [1.165, 1.54) is 42.5 Å². The van der Waals surface area contributed by atoms with Gasteiger partial charge in [-0.3, -0.25) is 10.00 Å². The van der Waals surface area contributed by atoms with Gasteiger partial charge < -0.3 is 14.5 Å². The van der Waals surface area contributed by atoms with E-state index < -0.39 is 24.2 Å². The number of halogens is 5. The third kappa shape index (κ3) is 4.85. The maximum atomic E-state index is 13.8. The largest absolute Gasteiger partial charge is 0.480 e. The lowest BCUT2D eigenvalue weighted by Gasteiger charge is -2.46. The first-order valence-electron chi connectivity index (χ1n) is 12.5. The van der Waals surface area contributed by atoms with Crippen LogP contribution in [0.1, 0.15) is 54.5 Å². The first-order chi connectivity index (χ1) is 18.6. The number of urea groups is 1. The topological polar surface area (TPSA) is 77.6 Å². The smallest absolute Gasteiger partial charge is 0.416 e. The van der Waals surface area contributed by atoms with E-state index in [0.29, 0.717) is 37.3 Å². The van der Waals surface area contributed by atoms with Crippen LogP contribution < -0.4 is 14.5 Å². The SMILES string of the molecule is COc1nccc(C(F)F)c1N1CCC(N2C(=O)N(Cc3ccccc3C(F)(F)F)c3n[nH]cc3[C@H]2C)CC1. The van der Waals surface area contributed by atoms with Gasteiger partial charge in [-0.2, -0.15) is 18.3 Å². The zero-order valence-electron chi connectivity index (χ0n) is 21.3. The quantitative estimate of drug-likeness (QED) is 0.385. The van der Waals surface area contributed by atoms with Gasteiger partial charge in [0, 0.05) is 42.7 Å². The number of carbonyl (C=O) groups excluding carboxylic acids is 1. The molecule has 39 heavy (non-hydrogen) atoms. The maximum Gasteiger partial charge on any atom is 0.416 e. The van der Waals surface area contributed by atoms with E-state index in [-0.39, 0.29) is 41.3 Å². The summed E-state index contributed by atoms with van der Waals surface area (Å²) in [6.07, 6.45) is -3.46. The lowest BCUT2D eigenvalue weighted by Crippen LogP contribution is -2.55. The number of anilines is 2. The molecule has 0 aliphatic carbocycles. The molecule has 2 aromatic heterocycles. The Morgan fingerprint density at radius 1 is 1.15 bits per heavy atom. The van der Waals surface area contributed by atoms with E-state index in [4.69, 9.17) is 4.74 Å². The third-order valence-corrected chi connectivity index (χ3v) is 7.40. The Hall–Kier alpha value is -3.90. The van der Waals surface area contributed by atoms with Crippen LogP contribution in [0.5, 0.6) is 5.88 Å². The molecule has 2 amide bonds. The van der Waals surface area contributed by atoms with Crippen LogP contribution in [0.2, 0.25) is 0 Å². The number of aromatic amines is 1. The van der Waals surface area contributed by atoms with Crippen LogP contribution >= 0.6 is 0 Å². The van der Waals surface area contributed by atoms with Crippen molar-refractivity contribution < 1.29 is 31.5 Å². The lowest BCUT2D eigenvalue weighted by atomic mass is 9.97. The monoisotopic (exact) mass is 550 g/mol. The average Bonchev–Trinajstić information content (AvgIpc) is 3.41. The van der Waals surface area contributed by atoms with Gasteiger partial charge in [-0.15, -0.1) is 0 Å². The molecule has 0 bridgehead atoms. The van der Waals surface area contributed by atoms with Crippen molar-refractivity contribution in [3.05, 3.63) is 65.0 Å². The number of amides is 2. The molecule has 1 fully saturated rings. The first-order valence-corrected chi connectivity index (χ1v) is 12.5. The highest BCUT2D eigenvalue weighted by Crippen LogP contribution is 2.42.